The number of imidazole rings is 1. The van der Waals surface area contributed by atoms with Gasteiger partial charge in [0.25, 0.3) is 12.3 Å². The first kappa shape index (κ1) is 21.3. The highest BCUT2D eigenvalue weighted by Gasteiger charge is 2.47. The number of fused-ring (bicyclic) bond motifs is 2. The van der Waals surface area contributed by atoms with Crippen LogP contribution in [0, 0.1) is 5.82 Å². The number of methoxy groups -OCH3 is 1. The molecule has 5 rings (SSSR count). The van der Waals surface area contributed by atoms with Crippen molar-refractivity contribution >= 4 is 17.2 Å². The molecule has 0 aliphatic carbocycles. The van der Waals surface area contributed by atoms with E-state index in [2.05, 4.69) is 25.4 Å². The molecule has 4 aromatic heterocycles. The number of aromatic nitrogens is 6. The van der Waals surface area contributed by atoms with Gasteiger partial charge < -0.3 is 10.1 Å². The number of hydrogen-bond acceptors (Lipinski definition) is 7. The van der Waals surface area contributed by atoms with Crippen molar-refractivity contribution in [1.82, 2.24) is 33.9 Å². The summed E-state index contributed by atoms with van der Waals surface area (Å²) in [6.07, 6.45) is 1.74. The Morgan fingerprint density at radius 3 is 2.64 bits per heavy atom. The lowest BCUT2D eigenvalue weighted by atomic mass is 10.1. The van der Waals surface area contributed by atoms with E-state index in [1.807, 2.05) is 0 Å². The summed E-state index contributed by atoms with van der Waals surface area (Å²) in [5, 5.41) is 6.70. The predicted molar refractivity (Wildman–Crippen MR) is 106 cm³/mol. The zero-order valence-corrected chi connectivity index (χ0v) is 17.3. The summed E-state index contributed by atoms with van der Waals surface area (Å²) in [4.78, 5) is 13.4. The van der Waals surface area contributed by atoms with Crippen molar-refractivity contribution in [1.29, 1.82) is 0 Å². The lowest BCUT2D eigenvalue weighted by molar-refractivity contribution is 0.00582. The third-order valence-corrected chi connectivity index (χ3v) is 5.44. The number of alkyl halides is 4. The molecule has 1 aliphatic heterocycles. The van der Waals surface area contributed by atoms with Crippen molar-refractivity contribution in [3.05, 3.63) is 36.3 Å². The van der Waals surface area contributed by atoms with Crippen LogP contribution in [0.3, 0.4) is 0 Å². The predicted octanol–water partition coefficient (Wildman–Crippen LogP) is 2.89. The molecule has 0 amide bonds. The van der Waals surface area contributed by atoms with Gasteiger partial charge in [-0.15, -0.1) is 5.10 Å². The van der Waals surface area contributed by atoms with E-state index in [9.17, 15) is 17.6 Å². The normalized spacial score (nSPS) is 18.6. The van der Waals surface area contributed by atoms with Crippen LogP contribution in [0.1, 0.15) is 12.1 Å². The molecule has 174 valence electrons. The first-order valence-electron chi connectivity index (χ1n) is 9.75. The Morgan fingerprint density at radius 2 is 1.97 bits per heavy atom. The Hall–Kier alpha value is -3.55. The molecule has 1 saturated heterocycles. The molecule has 0 saturated carbocycles. The third kappa shape index (κ3) is 3.50. The van der Waals surface area contributed by atoms with Gasteiger partial charge in [0.2, 0.25) is 17.6 Å². The van der Waals surface area contributed by atoms with E-state index in [0.29, 0.717) is 0 Å². The van der Waals surface area contributed by atoms with Gasteiger partial charge in [-0.1, -0.05) is 0 Å². The lowest BCUT2D eigenvalue weighted by Crippen LogP contribution is -2.38. The summed E-state index contributed by atoms with van der Waals surface area (Å²) in [7, 11) is 2.85. The molecule has 1 N–H and O–H groups in total. The highest BCUT2D eigenvalue weighted by molar-refractivity contribution is 5.84. The number of ether oxygens (including phenoxy) is 1. The Balaban J connectivity index is 1.61. The maximum atomic E-state index is 15.0. The molecule has 0 unspecified atom stereocenters. The van der Waals surface area contributed by atoms with E-state index >= 15 is 4.39 Å². The molecule has 1 atom stereocenters. The molecule has 9 nitrogen and oxygen atoms in total. The second kappa shape index (κ2) is 7.50. The molecule has 14 heteroatoms. The zero-order valence-electron chi connectivity index (χ0n) is 17.3. The maximum Gasteiger partial charge on any atom is 0.281 e. The van der Waals surface area contributed by atoms with Gasteiger partial charge in [0.1, 0.15) is 17.3 Å². The maximum absolute atomic E-state index is 15.0. The highest BCUT2D eigenvalue weighted by Crippen LogP contribution is 2.35. The van der Waals surface area contributed by atoms with Crippen molar-refractivity contribution in [2.75, 3.05) is 32.6 Å². The van der Waals surface area contributed by atoms with E-state index in [1.54, 1.807) is 7.05 Å². The third-order valence-electron chi connectivity index (χ3n) is 5.44. The van der Waals surface area contributed by atoms with Crippen LogP contribution in [0.2, 0.25) is 0 Å². The minimum absolute atomic E-state index is 0.0233. The van der Waals surface area contributed by atoms with Gasteiger partial charge in [-0.25, -0.2) is 36.4 Å². The molecule has 0 bridgehead atoms. The lowest BCUT2D eigenvalue weighted by Gasteiger charge is -2.19. The molecule has 4 aromatic rings. The van der Waals surface area contributed by atoms with Crippen LogP contribution < -0.4 is 10.1 Å². The van der Waals surface area contributed by atoms with Crippen LogP contribution in [0.25, 0.3) is 22.4 Å². The van der Waals surface area contributed by atoms with E-state index in [0.717, 1.165) is 21.3 Å². The van der Waals surface area contributed by atoms with E-state index in [-0.39, 0.29) is 40.8 Å². The summed E-state index contributed by atoms with van der Waals surface area (Å²) in [6.45, 7) is -0.359. The van der Waals surface area contributed by atoms with E-state index < -0.39 is 36.4 Å². The largest absolute Gasteiger partial charge is 0.479 e. The number of nitrogens with one attached hydrogen (secondary N) is 1. The molecule has 1 aliphatic rings. The summed E-state index contributed by atoms with van der Waals surface area (Å²) in [6, 6.07) is -1.25. The van der Waals surface area contributed by atoms with Crippen molar-refractivity contribution < 1.29 is 26.7 Å². The Morgan fingerprint density at radius 1 is 1.21 bits per heavy atom. The molecular formula is C19H17F5N8O. The van der Waals surface area contributed by atoms with Crippen LogP contribution in [-0.4, -0.2) is 73.1 Å². The van der Waals surface area contributed by atoms with Gasteiger partial charge in [0.05, 0.1) is 31.6 Å². The zero-order chi connectivity index (χ0) is 23.5. The number of likely N-dealkylation sites (tertiary alicyclic amines) is 1. The van der Waals surface area contributed by atoms with Gasteiger partial charge in [-0.2, -0.15) is 4.98 Å². The molecule has 0 aromatic carbocycles. The summed E-state index contributed by atoms with van der Waals surface area (Å²) in [5.41, 5.74) is -0.224. The average Bonchev–Trinajstić information content (AvgIpc) is 3.39. The summed E-state index contributed by atoms with van der Waals surface area (Å²) < 4.78 is 77.4. The SMILES string of the molecule is COc1nc(N[C@@H]2CN(C)CC2(F)F)nn2cc(F)c(-c3cnc4ncc(C(F)F)n4c3)c12. The summed E-state index contributed by atoms with van der Waals surface area (Å²) >= 11 is 0. The van der Waals surface area contributed by atoms with Gasteiger partial charge >= 0.3 is 0 Å². The molecule has 0 spiro atoms. The fourth-order valence-electron chi connectivity index (χ4n) is 3.97. The number of nitrogens with zero attached hydrogens (tertiary/aromatic N) is 7. The fourth-order valence-corrected chi connectivity index (χ4v) is 3.97. The standard InChI is InChI=1S/C19H17F5N8O/c1-30-7-12(19(23,24)8-30)27-17-28-16(33-2)14-13(10(20)6-32(14)29-17)9-3-25-18-26-4-11(15(21)22)31(18)5-9/h3-6,12,15H,7-8H2,1-2H3,(H,27,29)/t12-/m1/s1. The fraction of sp³-hybridized carbons (Fsp3) is 0.368. The molecule has 1 fully saturated rings. The Kier molecular flexibility index (Phi) is 4.84. The van der Waals surface area contributed by atoms with Gasteiger partial charge in [0.15, 0.2) is 5.82 Å². The molecule has 5 heterocycles. The summed E-state index contributed by atoms with van der Waals surface area (Å²) in [5.74, 6) is -4.02. The van der Waals surface area contributed by atoms with Crippen molar-refractivity contribution in [3.63, 3.8) is 0 Å². The Labute approximate surface area is 182 Å². The minimum Gasteiger partial charge on any atom is -0.479 e. The minimum atomic E-state index is -3.01. The van der Waals surface area contributed by atoms with Crippen LogP contribution in [0.15, 0.2) is 24.8 Å². The smallest absolute Gasteiger partial charge is 0.281 e. The van der Waals surface area contributed by atoms with Crippen LogP contribution in [0.4, 0.5) is 27.9 Å². The van der Waals surface area contributed by atoms with Crippen molar-refractivity contribution in [3.8, 4) is 17.0 Å². The van der Waals surface area contributed by atoms with Crippen LogP contribution >= 0.6 is 0 Å². The molecular weight excluding hydrogens is 451 g/mol. The molecule has 33 heavy (non-hydrogen) atoms. The van der Waals surface area contributed by atoms with Gasteiger partial charge in [0, 0.05) is 24.5 Å². The number of anilines is 1. The topological polar surface area (TPSA) is 84.9 Å². The van der Waals surface area contributed by atoms with Gasteiger partial charge in [-0.3, -0.25) is 9.30 Å². The highest BCUT2D eigenvalue weighted by atomic mass is 19.3. The van der Waals surface area contributed by atoms with Crippen molar-refractivity contribution in [2.45, 2.75) is 18.4 Å². The second-order valence-electron chi connectivity index (χ2n) is 7.74. The quantitative estimate of drug-likeness (QED) is 0.451. The number of rotatable bonds is 5. The van der Waals surface area contributed by atoms with Gasteiger partial charge in [-0.05, 0) is 7.05 Å². The molecule has 0 radical (unpaired) electrons. The number of likely N-dealkylation sites (N-methyl/N-ethyl adjacent to an activating group) is 1. The van der Waals surface area contributed by atoms with Crippen molar-refractivity contribution in [2.24, 2.45) is 0 Å². The van der Waals surface area contributed by atoms with Crippen LogP contribution in [-0.2, 0) is 0 Å². The Bertz CT molecular complexity index is 1350. The average molecular weight is 468 g/mol. The first-order valence-corrected chi connectivity index (χ1v) is 9.75. The van der Waals surface area contributed by atoms with Crippen LogP contribution in [0.5, 0.6) is 5.88 Å². The number of halogens is 5. The first-order chi connectivity index (χ1) is 15.7. The van der Waals surface area contributed by atoms with E-state index in [1.165, 1.54) is 24.4 Å². The number of hydrogen-bond donors (Lipinski definition) is 1. The second-order valence-corrected chi connectivity index (χ2v) is 7.74. The van der Waals surface area contributed by atoms with E-state index in [4.69, 9.17) is 4.74 Å². The monoisotopic (exact) mass is 468 g/mol.